The van der Waals surface area contributed by atoms with Gasteiger partial charge in [0.1, 0.15) is 0 Å². The summed E-state index contributed by atoms with van der Waals surface area (Å²) in [7, 11) is 0. The molecule has 0 unspecified atom stereocenters. The van der Waals surface area contributed by atoms with Gasteiger partial charge < -0.3 is 15.2 Å². The Bertz CT molecular complexity index is 408. The second-order valence-electron chi connectivity index (χ2n) is 4.18. The van der Waals surface area contributed by atoms with Crippen molar-refractivity contribution in [2.75, 3.05) is 26.2 Å². The van der Waals surface area contributed by atoms with Crippen molar-refractivity contribution >= 4 is 12.2 Å². The Morgan fingerprint density at radius 3 is 2.67 bits per heavy atom. The topological polar surface area (TPSA) is 65.2 Å². The number of H-pyrrole nitrogens is 1. The van der Waals surface area contributed by atoms with Crippen molar-refractivity contribution in [1.82, 2.24) is 15.2 Å². The third kappa shape index (κ3) is 3.70. The van der Waals surface area contributed by atoms with E-state index in [4.69, 9.17) is 0 Å². The van der Waals surface area contributed by atoms with Crippen molar-refractivity contribution in [1.29, 1.82) is 0 Å². The number of amides is 1. The lowest BCUT2D eigenvalue weighted by atomic mass is 10.2. The first-order chi connectivity index (χ1) is 8.62. The maximum Gasteiger partial charge on any atom is 0.253 e. The zero-order valence-electron chi connectivity index (χ0n) is 11.2. The molecule has 0 atom stereocenters. The number of likely N-dealkylation sites (N-methyl/N-ethyl adjacent to an activating group) is 1. The number of aromatic nitrogens is 1. The van der Waals surface area contributed by atoms with Gasteiger partial charge in [-0.05, 0) is 26.1 Å². The fourth-order valence-corrected chi connectivity index (χ4v) is 1.85. The van der Waals surface area contributed by atoms with E-state index >= 15 is 0 Å². The van der Waals surface area contributed by atoms with E-state index in [-0.39, 0.29) is 5.91 Å². The Labute approximate surface area is 108 Å². The number of aldehydes is 1. The number of hydrogen-bond acceptors (Lipinski definition) is 3. The van der Waals surface area contributed by atoms with Crippen LogP contribution in [0, 0.1) is 6.92 Å². The van der Waals surface area contributed by atoms with Crippen LogP contribution in [0.2, 0.25) is 0 Å². The number of aryl methyl sites for hydroxylation is 1. The molecule has 0 spiro atoms. The summed E-state index contributed by atoms with van der Waals surface area (Å²) in [6.45, 7) is 9.34. The van der Waals surface area contributed by atoms with Crippen LogP contribution in [-0.2, 0) is 0 Å². The molecule has 1 amide bonds. The fraction of sp³-hybridized carbons (Fsp3) is 0.538. The van der Waals surface area contributed by atoms with E-state index in [0.717, 1.165) is 25.3 Å². The molecule has 0 fully saturated rings. The van der Waals surface area contributed by atoms with Gasteiger partial charge >= 0.3 is 0 Å². The number of carbonyl (C=O) groups excluding carboxylic acids is 2. The van der Waals surface area contributed by atoms with Gasteiger partial charge in [-0.1, -0.05) is 13.8 Å². The van der Waals surface area contributed by atoms with Crippen LogP contribution in [0.4, 0.5) is 0 Å². The van der Waals surface area contributed by atoms with E-state index in [1.807, 2.05) is 6.92 Å². The van der Waals surface area contributed by atoms with Gasteiger partial charge in [0.25, 0.3) is 5.91 Å². The molecule has 0 aliphatic heterocycles. The molecule has 2 N–H and O–H groups in total. The van der Waals surface area contributed by atoms with Crippen LogP contribution in [0.25, 0.3) is 0 Å². The molecule has 5 nitrogen and oxygen atoms in total. The molecular weight excluding hydrogens is 230 g/mol. The summed E-state index contributed by atoms with van der Waals surface area (Å²) >= 11 is 0. The zero-order valence-corrected chi connectivity index (χ0v) is 11.2. The standard InChI is InChI=1S/C13H21N3O2/c1-4-16(5-2)7-6-14-13(18)11-8-10(3)15-12(11)9-17/h8-9,15H,4-7H2,1-3H3,(H,14,18). The second kappa shape index (κ2) is 6.96. The quantitative estimate of drug-likeness (QED) is 0.716. The summed E-state index contributed by atoms with van der Waals surface area (Å²) in [4.78, 5) is 27.8. The third-order valence-corrected chi connectivity index (χ3v) is 2.95. The molecule has 0 saturated heterocycles. The molecule has 1 aromatic rings. The van der Waals surface area contributed by atoms with E-state index in [0.29, 0.717) is 24.1 Å². The normalized spacial score (nSPS) is 10.7. The highest BCUT2D eigenvalue weighted by atomic mass is 16.1. The lowest BCUT2D eigenvalue weighted by Gasteiger charge is -2.17. The van der Waals surface area contributed by atoms with Crippen LogP contribution in [0.15, 0.2) is 6.07 Å². The van der Waals surface area contributed by atoms with Crippen LogP contribution in [0.3, 0.4) is 0 Å². The Balaban J connectivity index is 2.52. The van der Waals surface area contributed by atoms with E-state index in [2.05, 4.69) is 29.0 Å². The van der Waals surface area contributed by atoms with Crippen LogP contribution in [-0.4, -0.2) is 48.3 Å². The molecule has 0 bridgehead atoms. The van der Waals surface area contributed by atoms with Crippen LogP contribution in [0.5, 0.6) is 0 Å². The summed E-state index contributed by atoms with van der Waals surface area (Å²) in [5.74, 6) is -0.200. The first-order valence-corrected chi connectivity index (χ1v) is 6.27. The van der Waals surface area contributed by atoms with Gasteiger partial charge in [-0.25, -0.2) is 0 Å². The minimum Gasteiger partial charge on any atom is -0.356 e. The first kappa shape index (κ1) is 14.4. The highest BCUT2D eigenvalue weighted by molar-refractivity contribution is 6.00. The second-order valence-corrected chi connectivity index (χ2v) is 4.18. The molecule has 100 valence electrons. The molecule has 0 aliphatic rings. The van der Waals surface area contributed by atoms with Gasteiger partial charge in [0.2, 0.25) is 0 Å². The molecule has 1 aromatic heterocycles. The monoisotopic (exact) mass is 251 g/mol. The number of nitrogens with one attached hydrogen (secondary N) is 2. The van der Waals surface area contributed by atoms with Gasteiger partial charge in [-0.3, -0.25) is 9.59 Å². The van der Waals surface area contributed by atoms with Crippen molar-refractivity contribution in [3.8, 4) is 0 Å². The number of carbonyl (C=O) groups is 2. The summed E-state index contributed by atoms with van der Waals surface area (Å²) in [6.07, 6.45) is 0.673. The molecule has 0 saturated carbocycles. The van der Waals surface area contributed by atoms with E-state index in [1.54, 1.807) is 6.07 Å². The van der Waals surface area contributed by atoms with Crippen LogP contribution in [0.1, 0.15) is 40.4 Å². The number of hydrogen-bond donors (Lipinski definition) is 2. The minimum atomic E-state index is -0.200. The zero-order chi connectivity index (χ0) is 13.5. The Hall–Kier alpha value is -1.62. The van der Waals surface area contributed by atoms with E-state index < -0.39 is 0 Å². The minimum absolute atomic E-state index is 0.200. The lowest BCUT2D eigenvalue weighted by molar-refractivity contribution is 0.0943. The summed E-state index contributed by atoms with van der Waals surface area (Å²) in [6, 6.07) is 1.69. The highest BCUT2D eigenvalue weighted by Gasteiger charge is 2.13. The third-order valence-electron chi connectivity index (χ3n) is 2.95. The molecule has 1 heterocycles. The van der Waals surface area contributed by atoms with Gasteiger partial charge in [0.15, 0.2) is 6.29 Å². The molecule has 0 aliphatic carbocycles. The summed E-state index contributed by atoms with van der Waals surface area (Å²) in [5, 5.41) is 2.83. The molecule has 5 heteroatoms. The van der Waals surface area contributed by atoms with Crippen LogP contribution >= 0.6 is 0 Å². The average Bonchev–Trinajstić information content (AvgIpc) is 2.75. The smallest absolute Gasteiger partial charge is 0.253 e. The fourth-order valence-electron chi connectivity index (χ4n) is 1.85. The van der Waals surface area contributed by atoms with Crippen molar-refractivity contribution in [3.63, 3.8) is 0 Å². The van der Waals surface area contributed by atoms with E-state index in [9.17, 15) is 9.59 Å². The number of nitrogens with zero attached hydrogens (tertiary/aromatic N) is 1. The first-order valence-electron chi connectivity index (χ1n) is 6.27. The van der Waals surface area contributed by atoms with Crippen molar-refractivity contribution in [2.24, 2.45) is 0 Å². The summed E-state index contributed by atoms with van der Waals surface area (Å²) < 4.78 is 0. The summed E-state index contributed by atoms with van der Waals surface area (Å²) in [5.41, 5.74) is 1.57. The van der Waals surface area contributed by atoms with Crippen LogP contribution < -0.4 is 5.32 Å². The van der Waals surface area contributed by atoms with Gasteiger partial charge in [0.05, 0.1) is 11.3 Å². The Morgan fingerprint density at radius 1 is 1.44 bits per heavy atom. The highest BCUT2D eigenvalue weighted by Crippen LogP contribution is 2.08. The molecule has 18 heavy (non-hydrogen) atoms. The molecular formula is C13H21N3O2. The predicted octanol–water partition coefficient (Wildman–Crippen LogP) is 1.21. The van der Waals surface area contributed by atoms with E-state index in [1.165, 1.54) is 0 Å². The average molecular weight is 251 g/mol. The molecule has 0 radical (unpaired) electrons. The SMILES string of the molecule is CCN(CC)CCNC(=O)c1cc(C)[nH]c1C=O. The maximum absolute atomic E-state index is 11.9. The number of aromatic amines is 1. The number of rotatable bonds is 7. The largest absolute Gasteiger partial charge is 0.356 e. The maximum atomic E-state index is 11.9. The molecule has 0 aromatic carbocycles. The van der Waals surface area contributed by atoms with Gasteiger partial charge in [-0.2, -0.15) is 0 Å². The Morgan fingerprint density at radius 2 is 2.11 bits per heavy atom. The van der Waals surface area contributed by atoms with Crippen molar-refractivity contribution < 1.29 is 9.59 Å². The van der Waals surface area contributed by atoms with Gasteiger partial charge in [-0.15, -0.1) is 0 Å². The van der Waals surface area contributed by atoms with Crippen molar-refractivity contribution in [2.45, 2.75) is 20.8 Å². The lowest BCUT2D eigenvalue weighted by Crippen LogP contribution is -2.34. The molecule has 1 rings (SSSR count). The van der Waals surface area contributed by atoms with Crippen molar-refractivity contribution in [3.05, 3.63) is 23.0 Å². The Kier molecular flexibility index (Phi) is 5.58. The van der Waals surface area contributed by atoms with Gasteiger partial charge in [0, 0.05) is 18.8 Å². The predicted molar refractivity (Wildman–Crippen MR) is 71.0 cm³/mol.